The lowest BCUT2D eigenvalue weighted by molar-refractivity contribution is -0.132. The second-order valence-electron chi connectivity index (χ2n) is 6.46. The van der Waals surface area contributed by atoms with Crippen LogP contribution in [0.4, 0.5) is 5.95 Å². The van der Waals surface area contributed by atoms with Crippen LogP contribution in [-0.2, 0) is 4.79 Å². The standard InChI is InChI=1S/C19H24ClN5O2/c1-23(13-14-27-17-5-3-16(20)4-6-17)15-18(26)24-9-11-25(12-10-24)19-21-7-2-8-22-19/h2-8H,9-15H2,1H3. The molecule has 0 N–H and O–H groups in total. The summed E-state index contributed by atoms with van der Waals surface area (Å²) < 4.78 is 5.68. The van der Waals surface area contributed by atoms with Crippen LogP contribution < -0.4 is 9.64 Å². The molecule has 1 aromatic carbocycles. The van der Waals surface area contributed by atoms with Gasteiger partial charge in [-0.15, -0.1) is 0 Å². The Labute approximate surface area is 164 Å². The summed E-state index contributed by atoms with van der Waals surface area (Å²) in [7, 11) is 1.93. The molecular weight excluding hydrogens is 366 g/mol. The summed E-state index contributed by atoms with van der Waals surface area (Å²) in [5.41, 5.74) is 0. The molecule has 2 heterocycles. The number of amides is 1. The molecule has 144 valence electrons. The van der Waals surface area contributed by atoms with Gasteiger partial charge >= 0.3 is 0 Å². The average Bonchev–Trinajstić information content (AvgIpc) is 2.70. The van der Waals surface area contributed by atoms with Crippen LogP contribution in [0.3, 0.4) is 0 Å². The lowest BCUT2D eigenvalue weighted by Gasteiger charge is -2.35. The number of carbonyl (C=O) groups is 1. The summed E-state index contributed by atoms with van der Waals surface area (Å²) >= 11 is 5.86. The SMILES string of the molecule is CN(CCOc1ccc(Cl)cc1)CC(=O)N1CCN(c2ncccn2)CC1. The molecule has 1 amide bonds. The van der Waals surface area contributed by atoms with Gasteiger partial charge in [-0.2, -0.15) is 0 Å². The van der Waals surface area contributed by atoms with Crippen LogP contribution in [0.1, 0.15) is 0 Å². The van der Waals surface area contributed by atoms with Gasteiger partial charge in [0.25, 0.3) is 0 Å². The summed E-state index contributed by atoms with van der Waals surface area (Å²) in [5, 5.41) is 0.684. The van der Waals surface area contributed by atoms with Crippen molar-refractivity contribution in [3.8, 4) is 5.75 Å². The maximum absolute atomic E-state index is 12.5. The van der Waals surface area contributed by atoms with Crippen molar-refractivity contribution in [2.24, 2.45) is 0 Å². The molecule has 0 spiro atoms. The smallest absolute Gasteiger partial charge is 0.236 e. The maximum Gasteiger partial charge on any atom is 0.236 e. The van der Waals surface area contributed by atoms with Crippen molar-refractivity contribution in [3.63, 3.8) is 0 Å². The van der Waals surface area contributed by atoms with Gasteiger partial charge in [-0.3, -0.25) is 9.69 Å². The van der Waals surface area contributed by atoms with E-state index < -0.39 is 0 Å². The Morgan fingerprint density at radius 2 is 1.81 bits per heavy atom. The second kappa shape index (κ2) is 9.53. The molecule has 0 unspecified atom stereocenters. The molecule has 1 fully saturated rings. The third kappa shape index (κ3) is 5.80. The fourth-order valence-corrected chi connectivity index (χ4v) is 3.00. The van der Waals surface area contributed by atoms with E-state index in [1.807, 2.05) is 29.0 Å². The molecule has 2 aromatic rings. The Kier molecular flexibility index (Phi) is 6.84. The van der Waals surface area contributed by atoms with Gasteiger partial charge in [0, 0.05) is 50.1 Å². The highest BCUT2D eigenvalue weighted by Crippen LogP contribution is 2.15. The molecule has 1 aromatic heterocycles. The van der Waals surface area contributed by atoms with E-state index in [0.717, 1.165) is 24.8 Å². The Morgan fingerprint density at radius 3 is 2.48 bits per heavy atom. The molecule has 0 bridgehead atoms. The van der Waals surface area contributed by atoms with Crippen LogP contribution >= 0.6 is 11.6 Å². The zero-order valence-electron chi connectivity index (χ0n) is 15.4. The largest absolute Gasteiger partial charge is 0.492 e. The van der Waals surface area contributed by atoms with E-state index in [0.29, 0.717) is 37.8 Å². The van der Waals surface area contributed by atoms with Crippen molar-refractivity contribution in [1.29, 1.82) is 0 Å². The summed E-state index contributed by atoms with van der Waals surface area (Å²) in [6, 6.07) is 9.07. The van der Waals surface area contributed by atoms with Crippen LogP contribution in [0.15, 0.2) is 42.7 Å². The molecule has 8 heteroatoms. The summed E-state index contributed by atoms with van der Waals surface area (Å²) in [6.07, 6.45) is 3.47. The first-order valence-electron chi connectivity index (χ1n) is 8.98. The zero-order chi connectivity index (χ0) is 19.1. The van der Waals surface area contributed by atoms with Crippen LogP contribution in [0.5, 0.6) is 5.75 Å². The van der Waals surface area contributed by atoms with Gasteiger partial charge in [0.2, 0.25) is 11.9 Å². The van der Waals surface area contributed by atoms with Crippen LogP contribution in [0.2, 0.25) is 5.02 Å². The van der Waals surface area contributed by atoms with Gasteiger partial charge in [0.05, 0.1) is 6.54 Å². The number of carbonyl (C=O) groups excluding carboxylic acids is 1. The first-order chi connectivity index (χ1) is 13.1. The van der Waals surface area contributed by atoms with Gasteiger partial charge in [0.15, 0.2) is 0 Å². The van der Waals surface area contributed by atoms with E-state index >= 15 is 0 Å². The number of hydrogen-bond donors (Lipinski definition) is 0. The quantitative estimate of drug-likeness (QED) is 0.719. The molecule has 1 saturated heterocycles. The van der Waals surface area contributed by atoms with Gasteiger partial charge in [-0.05, 0) is 37.4 Å². The van der Waals surface area contributed by atoms with E-state index in [9.17, 15) is 4.79 Å². The van der Waals surface area contributed by atoms with Crippen molar-refractivity contribution in [2.75, 3.05) is 57.8 Å². The molecule has 0 aliphatic carbocycles. The Balaban J connectivity index is 1.36. The number of hydrogen-bond acceptors (Lipinski definition) is 6. The third-order valence-electron chi connectivity index (χ3n) is 4.43. The molecule has 0 atom stereocenters. The van der Waals surface area contributed by atoms with Gasteiger partial charge < -0.3 is 14.5 Å². The summed E-state index contributed by atoms with van der Waals surface area (Å²) in [6.45, 7) is 4.44. The molecular formula is C19H24ClN5O2. The predicted molar refractivity (Wildman–Crippen MR) is 105 cm³/mol. The average molecular weight is 390 g/mol. The van der Waals surface area contributed by atoms with Crippen LogP contribution in [0.25, 0.3) is 0 Å². The van der Waals surface area contributed by atoms with Gasteiger partial charge in [-0.25, -0.2) is 9.97 Å². The maximum atomic E-state index is 12.5. The second-order valence-corrected chi connectivity index (χ2v) is 6.89. The van der Waals surface area contributed by atoms with Gasteiger partial charge in [0.1, 0.15) is 12.4 Å². The minimum atomic E-state index is 0.137. The van der Waals surface area contributed by atoms with Crippen LogP contribution in [0, 0.1) is 0 Å². The highest BCUT2D eigenvalue weighted by Gasteiger charge is 2.23. The number of halogens is 1. The van der Waals surface area contributed by atoms with Crippen molar-refractivity contribution in [2.45, 2.75) is 0 Å². The van der Waals surface area contributed by atoms with E-state index in [4.69, 9.17) is 16.3 Å². The number of nitrogens with zero attached hydrogens (tertiary/aromatic N) is 5. The lowest BCUT2D eigenvalue weighted by atomic mass is 10.3. The highest BCUT2D eigenvalue weighted by atomic mass is 35.5. The monoisotopic (exact) mass is 389 g/mol. The number of piperazine rings is 1. The number of likely N-dealkylation sites (N-methyl/N-ethyl adjacent to an activating group) is 1. The van der Waals surface area contributed by atoms with Gasteiger partial charge in [-0.1, -0.05) is 11.6 Å². The minimum absolute atomic E-state index is 0.137. The predicted octanol–water partition coefficient (Wildman–Crippen LogP) is 1.79. The molecule has 3 rings (SSSR count). The van der Waals surface area contributed by atoms with E-state index in [1.165, 1.54) is 0 Å². The first kappa shape index (κ1) is 19.4. The number of rotatable bonds is 7. The van der Waals surface area contributed by atoms with Crippen LogP contribution in [-0.4, -0.2) is 78.6 Å². The van der Waals surface area contributed by atoms with E-state index in [2.05, 4.69) is 14.9 Å². The number of anilines is 1. The highest BCUT2D eigenvalue weighted by molar-refractivity contribution is 6.30. The Morgan fingerprint density at radius 1 is 1.15 bits per heavy atom. The fraction of sp³-hybridized carbons (Fsp3) is 0.421. The number of benzene rings is 1. The van der Waals surface area contributed by atoms with E-state index in [1.54, 1.807) is 30.6 Å². The summed E-state index contributed by atoms with van der Waals surface area (Å²) in [4.78, 5) is 27.0. The number of aromatic nitrogens is 2. The first-order valence-corrected chi connectivity index (χ1v) is 9.36. The third-order valence-corrected chi connectivity index (χ3v) is 4.68. The Bertz CT molecular complexity index is 721. The summed E-state index contributed by atoms with van der Waals surface area (Å²) in [5.74, 6) is 1.64. The van der Waals surface area contributed by atoms with Crippen molar-refractivity contribution >= 4 is 23.5 Å². The molecule has 0 saturated carbocycles. The van der Waals surface area contributed by atoms with Crippen molar-refractivity contribution < 1.29 is 9.53 Å². The van der Waals surface area contributed by atoms with E-state index in [-0.39, 0.29) is 5.91 Å². The zero-order valence-corrected chi connectivity index (χ0v) is 16.2. The number of ether oxygens (including phenoxy) is 1. The topological polar surface area (TPSA) is 61.8 Å². The molecule has 27 heavy (non-hydrogen) atoms. The lowest BCUT2D eigenvalue weighted by Crippen LogP contribution is -2.51. The molecule has 7 nitrogen and oxygen atoms in total. The fourth-order valence-electron chi connectivity index (χ4n) is 2.87. The van der Waals surface area contributed by atoms with Crippen molar-refractivity contribution in [1.82, 2.24) is 19.8 Å². The molecule has 1 aliphatic heterocycles. The normalized spacial score (nSPS) is 14.5. The minimum Gasteiger partial charge on any atom is -0.492 e. The molecule has 0 radical (unpaired) electrons. The van der Waals surface area contributed by atoms with Crippen molar-refractivity contribution in [3.05, 3.63) is 47.7 Å². The molecule has 1 aliphatic rings. The Hall–Kier alpha value is -2.38.